The van der Waals surface area contributed by atoms with Gasteiger partial charge in [0.15, 0.2) is 0 Å². The minimum Gasteiger partial charge on any atom is -0.495 e. The molecule has 2 heterocycles. The Morgan fingerprint density at radius 2 is 1.63 bits per heavy atom. The molecule has 1 aromatic heterocycles. The highest BCUT2D eigenvalue weighted by Gasteiger charge is 2.41. The molecular formula is C21H16N2O3S. The number of methoxy groups -OCH3 is 1. The standard InChI is InChI=1S/C21H16N2O3S/c1-26-16-11-6-5-10-15(16)23-20(24)18(17-12-7-13-27-17)19(21(23)25)22-14-8-3-2-4-9-14/h2-13,22H,1H3. The van der Waals surface area contributed by atoms with E-state index in [0.717, 1.165) is 10.6 Å². The summed E-state index contributed by atoms with van der Waals surface area (Å²) in [4.78, 5) is 28.4. The number of nitrogens with one attached hydrogen (secondary N) is 1. The van der Waals surface area contributed by atoms with Gasteiger partial charge in [-0.1, -0.05) is 36.4 Å². The second-order valence-electron chi connectivity index (χ2n) is 5.84. The van der Waals surface area contributed by atoms with Gasteiger partial charge in [-0.3, -0.25) is 9.59 Å². The number of thiophene rings is 1. The highest BCUT2D eigenvalue weighted by molar-refractivity contribution is 7.11. The number of carbonyl (C=O) groups excluding carboxylic acids is 2. The second-order valence-corrected chi connectivity index (χ2v) is 6.78. The molecule has 0 unspecified atom stereocenters. The first-order chi connectivity index (χ1) is 13.2. The summed E-state index contributed by atoms with van der Waals surface area (Å²) in [7, 11) is 1.51. The van der Waals surface area contributed by atoms with Crippen molar-refractivity contribution in [3.63, 3.8) is 0 Å². The summed E-state index contributed by atoms with van der Waals surface area (Å²) in [6.45, 7) is 0. The third-order valence-electron chi connectivity index (χ3n) is 4.22. The fourth-order valence-electron chi connectivity index (χ4n) is 2.99. The Morgan fingerprint density at radius 1 is 0.889 bits per heavy atom. The summed E-state index contributed by atoms with van der Waals surface area (Å²) < 4.78 is 5.35. The number of carbonyl (C=O) groups is 2. The topological polar surface area (TPSA) is 58.6 Å². The van der Waals surface area contributed by atoms with Gasteiger partial charge in [-0.25, -0.2) is 4.90 Å². The van der Waals surface area contributed by atoms with Crippen LogP contribution in [-0.2, 0) is 9.59 Å². The molecule has 27 heavy (non-hydrogen) atoms. The number of para-hydroxylation sites is 3. The van der Waals surface area contributed by atoms with Crippen LogP contribution in [0.3, 0.4) is 0 Å². The number of amides is 2. The van der Waals surface area contributed by atoms with E-state index in [0.29, 0.717) is 17.0 Å². The number of hydrogen-bond donors (Lipinski definition) is 1. The lowest BCUT2D eigenvalue weighted by Gasteiger charge is -2.18. The van der Waals surface area contributed by atoms with Crippen LogP contribution in [0.2, 0.25) is 0 Å². The monoisotopic (exact) mass is 376 g/mol. The molecule has 134 valence electrons. The van der Waals surface area contributed by atoms with Crippen LogP contribution in [0.25, 0.3) is 5.57 Å². The fraction of sp³-hybridized carbons (Fsp3) is 0.0476. The molecule has 1 aliphatic heterocycles. The molecule has 1 aliphatic rings. The predicted octanol–water partition coefficient (Wildman–Crippen LogP) is 4.15. The third-order valence-corrected chi connectivity index (χ3v) is 5.11. The first-order valence-electron chi connectivity index (χ1n) is 8.32. The van der Waals surface area contributed by atoms with Crippen LogP contribution in [0.4, 0.5) is 11.4 Å². The first-order valence-corrected chi connectivity index (χ1v) is 9.20. The van der Waals surface area contributed by atoms with Gasteiger partial charge in [0.2, 0.25) is 0 Å². The van der Waals surface area contributed by atoms with Gasteiger partial charge in [-0.05, 0) is 35.7 Å². The van der Waals surface area contributed by atoms with E-state index in [-0.39, 0.29) is 11.6 Å². The molecule has 3 aromatic rings. The van der Waals surface area contributed by atoms with Crippen LogP contribution >= 0.6 is 11.3 Å². The average molecular weight is 376 g/mol. The van der Waals surface area contributed by atoms with Crippen molar-refractivity contribution in [2.45, 2.75) is 0 Å². The summed E-state index contributed by atoms with van der Waals surface area (Å²) in [5.74, 6) is -0.312. The molecule has 0 aliphatic carbocycles. The smallest absolute Gasteiger partial charge is 0.282 e. The minimum atomic E-state index is -0.406. The van der Waals surface area contributed by atoms with E-state index in [1.807, 2.05) is 47.8 Å². The Bertz CT molecular complexity index is 1030. The molecule has 6 heteroatoms. The molecule has 0 saturated carbocycles. The normalized spacial score (nSPS) is 14.0. The largest absolute Gasteiger partial charge is 0.495 e. The maximum Gasteiger partial charge on any atom is 0.282 e. The molecule has 4 rings (SSSR count). The van der Waals surface area contributed by atoms with Gasteiger partial charge in [0.05, 0.1) is 18.4 Å². The van der Waals surface area contributed by atoms with E-state index in [1.165, 1.54) is 23.3 Å². The summed E-state index contributed by atoms with van der Waals surface area (Å²) in [5, 5.41) is 5.01. The zero-order chi connectivity index (χ0) is 18.8. The van der Waals surface area contributed by atoms with Gasteiger partial charge >= 0.3 is 0 Å². The Morgan fingerprint density at radius 3 is 2.33 bits per heavy atom. The second kappa shape index (κ2) is 7.09. The van der Waals surface area contributed by atoms with Gasteiger partial charge in [0.25, 0.3) is 11.8 Å². The zero-order valence-corrected chi connectivity index (χ0v) is 15.3. The Balaban J connectivity index is 1.82. The fourth-order valence-corrected chi connectivity index (χ4v) is 3.76. The van der Waals surface area contributed by atoms with Gasteiger partial charge in [-0.15, -0.1) is 11.3 Å². The van der Waals surface area contributed by atoms with Crippen LogP contribution in [0.1, 0.15) is 4.88 Å². The Labute approximate surface area is 160 Å². The summed E-state index contributed by atoms with van der Waals surface area (Å²) in [5.41, 5.74) is 1.79. The highest BCUT2D eigenvalue weighted by Crippen LogP contribution is 2.38. The van der Waals surface area contributed by atoms with Crippen molar-refractivity contribution in [3.8, 4) is 5.75 Å². The molecule has 1 N–H and O–H groups in total. The number of rotatable bonds is 5. The van der Waals surface area contributed by atoms with Crippen molar-refractivity contribution in [1.82, 2.24) is 0 Å². The number of hydrogen-bond acceptors (Lipinski definition) is 5. The number of nitrogens with zero attached hydrogens (tertiary/aromatic N) is 1. The zero-order valence-electron chi connectivity index (χ0n) is 14.5. The molecule has 5 nitrogen and oxygen atoms in total. The molecule has 0 fully saturated rings. The van der Waals surface area contributed by atoms with Crippen LogP contribution in [0.5, 0.6) is 5.75 Å². The maximum atomic E-state index is 13.2. The third kappa shape index (κ3) is 3.00. The molecule has 0 atom stereocenters. The van der Waals surface area contributed by atoms with E-state index < -0.39 is 5.91 Å². The van der Waals surface area contributed by atoms with E-state index in [2.05, 4.69) is 5.32 Å². The predicted molar refractivity (Wildman–Crippen MR) is 107 cm³/mol. The highest BCUT2D eigenvalue weighted by atomic mass is 32.1. The van der Waals surface area contributed by atoms with Crippen molar-refractivity contribution < 1.29 is 14.3 Å². The van der Waals surface area contributed by atoms with Crippen LogP contribution < -0.4 is 15.0 Å². The van der Waals surface area contributed by atoms with Gasteiger partial charge < -0.3 is 10.1 Å². The van der Waals surface area contributed by atoms with Crippen molar-refractivity contribution >= 4 is 40.1 Å². The van der Waals surface area contributed by atoms with Crippen molar-refractivity contribution in [1.29, 1.82) is 0 Å². The summed E-state index contributed by atoms with van der Waals surface area (Å²) in [6, 6.07) is 20.0. The lowest BCUT2D eigenvalue weighted by molar-refractivity contribution is -0.120. The minimum absolute atomic E-state index is 0.263. The molecule has 0 spiro atoms. The van der Waals surface area contributed by atoms with E-state index in [4.69, 9.17) is 4.74 Å². The molecule has 2 aromatic carbocycles. The van der Waals surface area contributed by atoms with E-state index in [1.54, 1.807) is 24.3 Å². The lowest BCUT2D eigenvalue weighted by Crippen LogP contribution is -2.32. The molecule has 0 radical (unpaired) electrons. The molecule has 0 bridgehead atoms. The summed E-state index contributed by atoms with van der Waals surface area (Å²) >= 11 is 1.42. The van der Waals surface area contributed by atoms with E-state index in [9.17, 15) is 9.59 Å². The summed E-state index contributed by atoms with van der Waals surface area (Å²) in [6.07, 6.45) is 0. The molecule has 2 amide bonds. The van der Waals surface area contributed by atoms with Gasteiger partial charge in [0, 0.05) is 10.6 Å². The number of imide groups is 1. The van der Waals surface area contributed by atoms with Crippen molar-refractivity contribution in [3.05, 3.63) is 82.7 Å². The Hall–Kier alpha value is -3.38. The number of anilines is 2. The van der Waals surface area contributed by atoms with E-state index >= 15 is 0 Å². The van der Waals surface area contributed by atoms with Gasteiger partial charge in [-0.2, -0.15) is 0 Å². The lowest BCUT2D eigenvalue weighted by atomic mass is 10.2. The maximum absolute atomic E-state index is 13.2. The Kier molecular flexibility index (Phi) is 4.48. The van der Waals surface area contributed by atoms with Crippen molar-refractivity contribution in [2.24, 2.45) is 0 Å². The van der Waals surface area contributed by atoms with Crippen LogP contribution in [-0.4, -0.2) is 18.9 Å². The first kappa shape index (κ1) is 17.1. The molecule has 0 saturated heterocycles. The molecular weight excluding hydrogens is 360 g/mol. The number of ether oxygens (including phenoxy) is 1. The average Bonchev–Trinajstić information content (AvgIpc) is 3.30. The van der Waals surface area contributed by atoms with Crippen molar-refractivity contribution in [2.75, 3.05) is 17.3 Å². The number of benzene rings is 2. The quantitative estimate of drug-likeness (QED) is 0.680. The van der Waals surface area contributed by atoms with Crippen LogP contribution in [0, 0.1) is 0 Å². The SMILES string of the molecule is COc1ccccc1N1C(=O)C(Nc2ccccc2)=C(c2cccs2)C1=O. The van der Waals surface area contributed by atoms with Gasteiger partial charge in [0.1, 0.15) is 11.4 Å². The van der Waals surface area contributed by atoms with Crippen LogP contribution in [0.15, 0.2) is 77.8 Å².